The minimum absolute atomic E-state index is 0.539. The number of nitrogens with zero attached hydrogens (tertiary/aromatic N) is 2. The maximum Gasteiger partial charge on any atom is 0.213 e. The smallest absolute Gasteiger partial charge is 0.213 e. The van der Waals surface area contributed by atoms with Crippen LogP contribution in [0.25, 0.3) is 10.9 Å². The lowest BCUT2D eigenvalue weighted by Gasteiger charge is -2.09. The van der Waals surface area contributed by atoms with Crippen molar-refractivity contribution in [2.45, 2.75) is 6.54 Å². The van der Waals surface area contributed by atoms with Gasteiger partial charge >= 0.3 is 0 Å². The van der Waals surface area contributed by atoms with E-state index < -0.39 is 0 Å². The largest absolute Gasteiger partial charge is 0.476 e. The summed E-state index contributed by atoms with van der Waals surface area (Å²) < 4.78 is 5.52. The number of ether oxygens (including phenoxy) is 1. The van der Waals surface area contributed by atoms with Crippen LogP contribution in [-0.2, 0) is 6.54 Å². The van der Waals surface area contributed by atoms with E-state index in [1.54, 1.807) is 6.20 Å². The number of hydrogen-bond acceptors (Lipinski definition) is 4. The first-order valence-electron chi connectivity index (χ1n) is 7.11. The molecule has 3 aromatic rings. The molecule has 0 fully saturated rings. The fraction of sp³-hybridized carbons (Fsp3) is 0.176. The van der Waals surface area contributed by atoms with Gasteiger partial charge in [0.15, 0.2) is 0 Å². The second-order valence-corrected chi connectivity index (χ2v) is 5.18. The Hall–Kier alpha value is -2.17. The van der Waals surface area contributed by atoms with Crippen molar-refractivity contribution >= 4 is 22.5 Å². The van der Waals surface area contributed by atoms with E-state index in [1.807, 2.05) is 42.5 Å². The first-order valence-corrected chi connectivity index (χ1v) is 7.49. The number of benzene rings is 1. The molecule has 1 N–H and O–H groups in total. The van der Waals surface area contributed by atoms with Crippen molar-refractivity contribution in [2.75, 3.05) is 13.2 Å². The predicted molar refractivity (Wildman–Crippen MR) is 88.2 cm³/mol. The highest BCUT2D eigenvalue weighted by molar-refractivity contribution is 6.30. The van der Waals surface area contributed by atoms with Crippen LogP contribution in [-0.4, -0.2) is 23.1 Å². The standard InChI is InChI=1S/C17H16ClN3O/c18-17-14(11-13-5-1-2-6-15(13)21-17)12-19-9-10-22-16-7-3-4-8-20-16/h1-8,11,19H,9-10,12H2. The van der Waals surface area contributed by atoms with Crippen molar-refractivity contribution in [3.05, 3.63) is 65.4 Å². The maximum atomic E-state index is 6.22. The van der Waals surface area contributed by atoms with Crippen molar-refractivity contribution in [1.29, 1.82) is 0 Å². The van der Waals surface area contributed by atoms with Gasteiger partial charge in [-0.25, -0.2) is 9.97 Å². The van der Waals surface area contributed by atoms with Gasteiger partial charge in [-0.1, -0.05) is 35.9 Å². The van der Waals surface area contributed by atoms with Crippen molar-refractivity contribution in [1.82, 2.24) is 15.3 Å². The Morgan fingerprint density at radius 3 is 2.82 bits per heavy atom. The summed E-state index contributed by atoms with van der Waals surface area (Å²) in [4.78, 5) is 8.51. The zero-order valence-corrected chi connectivity index (χ0v) is 12.8. The molecule has 112 valence electrons. The number of aromatic nitrogens is 2. The van der Waals surface area contributed by atoms with Crippen LogP contribution in [0.3, 0.4) is 0 Å². The molecular weight excluding hydrogens is 298 g/mol. The second kappa shape index (κ2) is 7.20. The zero-order chi connectivity index (χ0) is 15.2. The summed E-state index contributed by atoms with van der Waals surface area (Å²) >= 11 is 6.22. The van der Waals surface area contributed by atoms with Gasteiger partial charge in [0.05, 0.1) is 5.52 Å². The highest BCUT2D eigenvalue weighted by Crippen LogP contribution is 2.20. The van der Waals surface area contributed by atoms with Gasteiger partial charge in [0, 0.05) is 36.3 Å². The lowest BCUT2D eigenvalue weighted by molar-refractivity contribution is 0.302. The Bertz CT molecular complexity index is 749. The van der Waals surface area contributed by atoms with E-state index in [0.717, 1.165) is 16.5 Å². The molecule has 0 aliphatic rings. The van der Waals surface area contributed by atoms with Gasteiger partial charge in [-0.2, -0.15) is 0 Å². The topological polar surface area (TPSA) is 47.0 Å². The number of pyridine rings is 2. The summed E-state index contributed by atoms with van der Waals surface area (Å²) in [5, 5.41) is 4.93. The number of para-hydroxylation sites is 1. The summed E-state index contributed by atoms with van der Waals surface area (Å²) in [6.07, 6.45) is 1.71. The number of rotatable bonds is 6. The van der Waals surface area contributed by atoms with E-state index in [9.17, 15) is 0 Å². The van der Waals surface area contributed by atoms with E-state index in [1.165, 1.54) is 0 Å². The Morgan fingerprint density at radius 2 is 1.95 bits per heavy atom. The third kappa shape index (κ3) is 3.72. The van der Waals surface area contributed by atoms with Gasteiger partial charge < -0.3 is 10.1 Å². The molecule has 0 aliphatic heterocycles. The zero-order valence-electron chi connectivity index (χ0n) is 12.0. The molecule has 0 bridgehead atoms. The highest BCUT2D eigenvalue weighted by Gasteiger charge is 2.04. The highest BCUT2D eigenvalue weighted by atomic mass is 35.5. The minimum atomic E-state index is 0.539. The molecule has 2 heterocycles. The van der Waals surface area contributed by atoms with Crippen LogP contribution < -0.4 is 10.1 Å². The molecule has 0 amide bonds. The number of fused-ring (bicyclic) bond motifs is 1. The monoisotopic (exact) mass is 313 g/mol. The molecule has 2 aromatic heterocycles. The molecule has 0 spiro atoms. The Kier molecular flexibility index (Phi) is 4.83. The molecular formula is C17H16ClN3O. The lowest BCUT2D eigenvalue weighted by Crippen LogP contribution is -2.21. The normalized spacial score (nSPS) is 10.8. The van der Waals surface area contributed by atoms with Crippen molar-refractivity contribution in [2.24, 2.45) is 0 Å². The summed E-state index contributed by atoms with van der Waals surface area (Å²) in [5.74, 6) is 0.634. The number of halogens is 1. The fourth-order valence-electron chi connectivity index (χ4n) is 2.14. The van der Waals surface area contributed by atoms with Crippen LogP contribution >= 0.6 is 11.6 Å². The van der Waals surface area contributed by atoms with E-state index in [0.29, 0.717) is 30.7 Å². The van der Waals surface area contributed by atoms with E-state index in [4.69, 9.17) is 16.3 Å². The molecule has 22 heavy (non-hydrogen) atoms. The molecule has 0 saturated carbocycles. The molecule has 0 aliphatic carbocycles. The first-order chi connectivity index (χ1) is 10.8. The van der Waals surface area contributed by atoms with Gasteiger partial charge in [0.1, 0.15) is 11.8 Å². The van der Waals surface area contributed by atoms with Gasteiger partial charge in [-0.15, -0.1) is 0 Å². The van der Waals surface area contributed by atoms with Crippen LogP contribution in [0.1, 0.15) is 5.56 Å². The summed E-state index contributed by atoms with van der Waals surface area (Å²) in [5.41, 5.74) is 1.90. The van der Waals surface area contributed by atoms with Gasteiger partial charge in [-0.3, -0.25) is 0 Å². The number of hydrogen-bond donors (Lipinski definition) is 1. The molecule has 1 aromatic carbocycles. The van der Waals surface area contributed by atoms with Crippen LogP contribution in [0.5, 0.6) is 5.88 Å². The SMILES string of the molecule is Clc1nc2ccccc2cc1CNCCOc1ccccn1. The lowest BCUT2D eigenvalue weighted by atomic mass is 10.1. The third-order valence-electron chi connectivity index (χ3n) is 3.23. The van der Waals surface area contributed by atoms with Crippen molar-refractivity contribution < 1.29 is 4.74 Å². The average molecular weight is 314 g/mol. The first kappa shape index (κ1) is 14.8. The minimum Gasteiger partial charge on any atom is -0.476 e. The second-order valence-electron chi connectivity index (χ2n) is 4.82. The molecule has 0 atom stereocenters. The Morgan fingerprint density at radius 1 is 1.09 bits per heavy atom. The molecule has 0 saturated heterocycles. The van der Waals surface area contributed by atoms with Crippen LogP contribution in [0.15, 0.2) is 54.7 Å². The maximum absolute atomic E-state index is 6.22. The Balaban J connectivity index is 1.52. The molecule has 3 rings (SSSR count). The van der Waals surface area contributed by atoms with Gasteiger partial charge in [0.25, 0.3) is 0 Å². The summed E-state index contributed by atoms with van der Waals surface area (Å²) in [6.45, 7) is 1.91. The molecule has 0 unspecified atom stereocenters. The molecule has 5 heteroatoms. The van der Waals surface area contributed by atoms with Crippen LogP contribution in [0.2, 0.25) is 5.15 Å². The Labute approximate surface area is 134 Å². The molecule has 4 nitrogen and oxygen atoms in total. The fourth-order valence-corrected chi connectivity index (χ4v) is 2.36. The molecule has 0 radical (unpaired) electrons. The van der Waals surface area contributed by atoms with Crippen LogP contribution in [0.4, 0.5) is 0 Å². The van der Waals surface area contributed by atoms with E-state index in [2.05, 4.69) is 21.4 Å². The summed E-state index contributed by atoms with van der Waals surface area (Å²) in [6, 6.07) is 15.6. The van der Waals surface area contributed by atoms with E-state index >= 15 is 0 Å². The third-order valence-corrected chi connectivity index (χ3v) is 3.56. The summed E-state index contributed by atoms with van der Waals surface area (Å²) in [7, 11) is 0. The van der Waals surface area contributed by atoms with Gasteiger partial charge in [0.2, 0.25) is 5.88 Å². The van der Waals surface area contributed by atoms with Crippen molar-refractivity contribution in [3.8, 4) is 5.88 Å². The van der Waals surface area contributed by atoms with Gasteiger partial charge in [-0.05, 0) is 18.2 Å². The quantitative estimate of drug-likeness (QED) is 0.559. The van der Waals surface area contributed by atoms with E-state index in [-0.39, 0.29) is 0 Å². The average Bonchev–Trinajstić information content (AvgIpc) is 2.56. The van der Waals surface area contributed by atoms with Crippen LogP contribution in [0, 0.1) is 0 Å². The number of nitrogens with one attached hydrogen (secondary N) is 1. The van der Waals surface area contributed by atoms with Crippen molar-refractivity contribution in [3.63, 3.8) is 0 Å². The predicted octanol–water partition coefficient (Wildman–Crippen LogP) is 3.45.